The fraction of sp³-hybridized carbons (Fsp3) is 0.216. The molecule has 3 heterocycles. The maximum absolute atomic E-state index is 2.70. The van der Waals surface area contributed by atoms with E-state index >= 15 is 0 Å². The summed E-state index contributed by atoms with van der Waals surface area (Å²) in [6.45, 7) is 7.40. The molecule has 3 aliphatic carbocycles. The summed E-state index contributed by atoms with van der Waals surface area (Å²) >= 11 is 0. The van der Waals surface area contributed by atoms with Crippen LogP contribution in [0, 0.1) is 11.8 Å². The lowest BCUT2D eigenvalue weighted by Crippen LogP contribution is -2.50. The molecule has 11 rings (SSSR count). The maximum atomic E-state index is 2.70. The highest BCUT2D eigenvalue weighted by Gasteiger charge is 2.58. The number of hydrogen-bond donors (Lipinski definition) is 0. The van der Waals surface area contributed by atoms with E-state index in [1.807, 2.05) is 0 Å². The number of rotatable bonds is 4. The van der Waals surface area contributed by atoms with Gasteiger partial charge in [0.1, 0.15) is 0 Å². The first kappa shape index (κ1) is 31.7. The molecule has 0 spiro atoms. The van der Waals surface area contributed by atoms with E-state index in [-0.39, 0.29) is 22.9 Å². The topological polar surface area (TPSA) is 11.4 Å². The highest BCUT2D eigenvalue weighted by Crippen LogP contribution is 2.62. The molecule has 0 saturated heterocycles. The molecule has 5 aromatic carbocycles. The quantitative estimate of drug-likeness (QED) is 0.181. The molecule has 5 aliphatic rings. The summed E-state index contributed by atoms with van der Waals surface area (Å²) in [5, 5.41) is 2.63. The molecule has 3 heteroatoms. The summed E-state index contributed by atoms with van der Waals surface area (Å²) in [6, 6.07) is 47.6. The Morgan fingerprint density at radius 2 is 1.37 bits per heavy atom. The third-order valence-electron chi connectivity index (χ3n) is 13.4. The summed E-state index contributed by atoms with van der Waals surface area (Å²) in [5.41, 5.74) is 14.8. The van der Waals surface area contributed by atoms with Gasteiger partial charge in [0, 0.05) is 67.9 Å². The molecule has 6 aromatic rings. The zero-order chi connectivity index (χ0) is 36.2. The van der Waals surface area contributed by atoms with Crippen LogP contribution < -0.4 is 9.80 Å². The first-order valence-electron chi connectivity index (χ1n) is 19.8. The molecule has 0 fully saturated rings. The third kappa shape index (κ3) is 4.30. The van der Waals surface area contributed by atoms with Gasteiger partial charge in [0.25, 0.3) is 0 Å². The average molecular weight is 700 g/mol. The second kappa shape index (κ2) is 11.6. The van der Waals surface area contributed by atoms with E-state index < -0.39 is 0 Å². The molecular weight excluding hydrogens is 655 g/mol. The molecule has 1 aromatic heterocycles. The first-order chi connectivity index (χ1) is 26.5. The van der Waals surface area contributed by atoms with Gasteiger partial charge in [0.15, 0.2) is 0 Å². The average Bonchev–Trinajstić information content (AvgIpc) is 3.83. The third-order valence-corrected chi connectivity index (χ3v) is 13.4. The minimum Gasteiger partial charge on any atom is -0.336 e. The zero-order valence-electron chi connectivity index (χ0n) is 31.3. The lowest BCUT2D eigenvalue weighted by Gasteiger charge is -2.46. The number of fused-ring (bicyclic) bond motifs is 9. The van der Waals surface area contributed by atoms with Crippen molar-refractivity contribution in [2.24, 2.45) is 11.8 Å². The van der Waals surface area contributed by atoms with Crippen molar-refractivity contribution in [2.75, 3.05) is 9.80 Å². The van der Waals surface area contributed by atoms with Crippen LogP contribution in [0.15, 0.2) is 181 Å². The molecular formula is C51H45N3. The van der Waals surface area contributed by atoms with Gasteiger partial charge in [-0.25, -0.2) is 0 Å². The Labute approximate surface area is 318 Å². The maximum Gasteiger partial charge on any atom is 0.0649 e. The second-order valence-corrected chi connectivity index (χ2v) is 16.6. The molecule has 5 atom stereocenters. The Hall–Kier alpha value is -5.80. The van der Waals surface area contributed by atoms with Crippen molar-refractivity contribution < 1.29 is 0 Å². The Morgan fingerprint density at radius 1 is 0.704 bits per heavy atom. The smallest absolute Gasteiger partial charge is 0.0649 e. The number of allylic oxidation sites excluding steroid dienone is 7. The van der Waals surface area contributed by atoms with E-state index in [1.54, 1.807) is 5.57 Å². The van der Waals surface area contributed by atoms with E-state index in [0.717, 1.165) is 19.3 Å². The van der Waals surface area contributed by atoms with Gasteiger partial charge in [0.2, 0.25) is 0 Å². The van der Waals surface area contributed by atoms with Crippen LogP contribution in [0.25, 0.3) is 27.4 Å². The molecule has 2 aliphatic heterocycles. The molecule has 0 amide bonds. The van der Waals surface area contributed by atoms with Crippen LogP contribution in [0.4, 0.5) is 17.1 Å². The van der Waals surface area contributed by atoms with E-state index in [4.69, 9.17) is 0 Å². The standard InChI is InChI=1S/C51H45N3/c1-34-17-15-29-45-47(34)48-46(30-32-51(3)40-24-10-14-28-44(40)52(49(48)51)36-19-5-4-6-20-36)53(45)41-25-11-7-21-37(41)35-18-16-31-50(2,33-35)54-42-26-12-8-22-38(42)39-23-9-13-27-43(39)54/h4-16,18-31,34,48-49H,17,32-33H2,1-3H3. The highest BCUT2D eigenvalue weighted by molar-refractivity contribution is 6.08. The number of para-hydroxylation sites is 5. The number of nitrogens with zero attached hydrogens (tertiary/aromatic N) is 3. The van der Waals surface area contributed by atoms with Crippen LogP contribution in [0.2, 0.25) is 0 Å². The molecule has 264 valence electrons. The Morgan fingerprint density at radius 3 is 2.15 bits per heavy atom. The van der Waals surface area contributed by atoms with Crippen LogP contribution in [0.1, 0.15) is 51.2 Å². The van der Waals surface area contributed by atoms with Crippen molar-refractivity contribution in [1.82, 2.24) is 4.57 Å². The van der Waals surface area contributed by atoms with Crippen LogP contribution in [0.3, 0.4) is 0 Å². The SMILES string of the molecule is CC1CC=CC2=C1C1C(=CCC3(C)c4ccccc4N(c4ccccc4)C13)N2c1ccccc1C1=CC=CC(C)(n2c3ccccc3c3ccccc32)C1. The summed E-state index contributed by atoms with van der Waals surface area (Å²) < 4.78 is 2.59. The lowest BCUT2D eigenvalue weighted by molar-refractivity contribution is 0.320. The predicted molar refractivity (Wildman–Crippen MR) is 226 cm³/mol. The molecule has 0 N–H and O–H groups in total. The predicted octanol–water partition coefficient (Wildman–Crippen LogP) is 12.6. The number of hydrogen-bond acceptors (Lipinski definition) is 2. The fourth-order valence-corrected chi connectivity index (χ4v) is 11.1. The monoisotopic (exact) mass is 699 g/mol. The van der Waals surface area contributed by atoms with E-state index in [1.165, 1.54) is 67.0 Å². The van der Waals surface area contributed by atoms with Crippen LogP contribution in [-0.2, 0) is 11.0 Å². The van der Waals surface area contributed by atoms with Gasteiger partial charge in [-0.05, 0) is 84.9 Å². The Kier molecular flexibility index (Phi) is 6.81. The summed E-state index contributed by atoms with van der Waals surface area (Å²) in [7, 11) is 0. The minimum atomic E-state index is -0.241. The fourth-order valence-electron chi connectivity index (χ4n) is 11.1. The molecule has 54 heavy (non-hydrogen) atoms. The van der Waals surface area contributed by atoms with Gasteiger partial charge >= 0.3 is 0 Å². The summed E-state index contributed by atoms with van der Waals surface area (Å²) in [5.74, 6) is 0.720. The van der Waals surface area contributed by atoms with Crippen LogP contribution in [-0.4, -0.2) is 10.6 Å². The van der Waals surface area contributed by atoms with Crippen molar-refractivity contribution in [3.05, 3.63) is 192 Å². The molecule has 5 unspecified atom stereocenters. The molecule has 0 saturated carbocycles. The lowest BCUT2D eigenvalue weighted by atomic mass is 9.64. The van der Waals surface area contributed by atoms with E-state index in [2.05, 4.69) is 199 Å². The number of aromatic nitrogens is 1. The van der Waals surface area contributed by atoms with Crippen molar-refractivity contribution in [1.29, 1.82) is 0 Å². The summed E-state index contributed by atoms with van der Waals surface area (Å²) in [6.07, 6.45) is 17.5. The van der Waals surface area contributed by atoms with Gasteiger partial charge in [-0.1, -0.05) is 135 Å². The van der Waals surface area contributed by atoms with Crippen molar-refractivity contribution in [2.45, 2.75) is 57.0 Å². The normalized spacial score (nSPS) is 26.8. The van der Waals surface area contributed by atoms with E-state index in [9.17, 15) is 0 Å². The molecule has 3 nitrogen and oxygen atoms in total. The van der Waals surface area contributed by atoms with E-state index in [0.29, 0.717) is 5.92 Å². The van der Waals surface area contributed by atoms with Gasteiger partial charge in [-0.2, -0.15) is 0 Å². The number of anilines is 3. The van der Waals surface area contributed by atoms with Gasteiger partial charge in [0.05, 0.1) is 17.3 Å². The van der Waals surface area contributed by atoms with Crippen LogP contribution in [0.5, 0.6) is 0 Å². The minimum absolute atomic E-state index is 0.0179. The van der Waals surface area contributed by atoms with Crippen LogP contribution >= 0.6 is 0 Å². The summed E-state index contributed by atoms with van der Waals surface area (Å²) in [4.78, 5) is 5.37. The Balaban J connectivity index is 1.05. The van der Waals surface area contributed by atoms with Crippen molar-refractivity contribution in [3.63, 3.8) is 0 Å². The zero-order valence-corrected chi connectivity index (χ0v) is 31.3. The first-order valence-corrected chi connectivity index (χ1v) is 19.8. The second-order valence-electron chi connectivity index (χ2n) is 16.6. The Bertz CT molecular complexity index is 2610. The molecule has 0 radical (unpaired) electrons. The van der Waals surface area contributed by atoms with Crippen molar-refractivity contribution in [3.8, 4) is 0 Å². The van der Waals surface area contributed by atoms with Crippen molar-refractivity contribution >= 4 is 44.4 Å². The van der Waals surface area contributed by atoms with Gasteiger partial charge in [-0.15, -0.1) is 0 Å². The van der Waals surface area contributed by atoms with Gasteiger partial charge in [-0.3, -0.25) is 0 Å². The number of benzene rings is 5. The molecule has 0 bridgehead atoms. The largest absolute Gasteiger partial charge is 0.336 e. The van der Waals surface area contributed by atoms with Gasteiger partial charge < -0.3 is 14.4 Å². The highest BCUT2D eigenvalue weighted by atomic mass is 15.3.